The molecule has 2 nitrogen and oxygen atoms in total. The van der Waals surface area contributed by atoms with E-state index in [1.165, 1.54) is 0 Å². The maximum absolute atomic E-state index is 11.9. The van der Waals surface area contributed by atoms with Gasteiger partial charge in [-0.15, -0.1) is 0 Å². The smallest absolute Gasteiger partial charge is 0.168 e. The quantitative estimate of drug-likeness (QED) is 0.709. The van der Waals surface area contributed by atoms with Crippen LogP contribution in [0.3, 0.4) is 0 Å². The Morgan fingerprint density at radius 3 is 2.13 bits per heavy atom. The first-order valence-corrected chi connectivity index (χ1v) is 5.23. The largest absolute Gasteiger partial charge is 0.494 e. The van der Waals surface area contributed by atoms with Crippen LogP contribution in [-0.2, 0) is 0 Å². The van der Waals surface area contributed by atoms with Gasteiger partial charge in [-0.25, -0.2) is 0 Å². The summed E-state index contributed by atoms with van der Waals surface area (Å²) in [6.07, 6.45) is 0. The maximum Gasteiger partial charge on any atom is 0.168 e. The van der Waals surface area contributed by atoms with Crippen LogP contribution in [0, 0.1) is 5.41 Å². The Hall–Kier alpha value is -1.31. The standard InChI is InChI=1S/C13H18O2/c1-5-15-11-8-6-10(7-9-11)12(14)13(2,3)4/h6-9H,5H2,1-4H3. The van der Waals surface area contributed by atoms with Crippen LogP contribution in [0.25, 0.3) is 0 Å². The molecule has 1 rings (SSSR count). The number of ether oxygens (including phenoxy) is 1. The molecule has 2 heteroatoms. The number of carbonyl (C=O) groups is 1. The van der Waals surface area contributed by atoms with Crippen molar-refractivity contribution in [2.45, 2.75) is 27.7 Å². The molecule has 0 atom stereocenters. The number of benzene rings is 1. The van der Waals surface area contributed by atoms with Crippen molar-refractivity contribution in [1.82, 2.24) is 0 Å². The van der Waals surface area contributed by atoms with Crippen molar-refractivity contribution in [1.29, 1.82) is 0 Å². The normalized spacial score (nSPS) is 11.2. The minimum atomic E-state index is -0.326. The predicted molar refractivity (Wildman–Crippen MR) is 61.4 cm³/mol. The van der Waals surface area contributed by atoms with Crippen LogP contribution in [0.15, 0.2) is 24.3 Å². The van der Waals surface area contributed by atoms with Gasteiger partial charge in [-0.05, 0) is 31.2 Å². The minimum Gasteiger partial charge on any atom is -0.494 e. The Bertz CT molecular complexity index is 331. The average molecular weight is 206 g/mol. The van der Waals surface area contributed by atoms with Crippen molar-refractivity contribution < 1.29 is 9.53 Å². The second-order valence-electron chi connectivity index (χ2n) is 4.54. The molecular formula is C13H18O2. The summed E-state index contributed by atoms with van der Waals surface area (Å²) in [6.45, 7) is 8.35. The summed E-state index contributed by atoms with van der Waals surface area (Å²) in [7, 11) is 0. The van der Waals surface area contributed by atoms with E-state index >= 15 is 0 Å². The summed E-state index contributed by atoms with van der Waals surface area (Å²) >= 11 is 0. The molecular weight excluding hydrogens is 188 g/mol. The molecule has 0 radical (unpaired) electrons. The molecule has 0 unspecified atom stereocenters. The second kappa shape index (κ2) is 4.47. The van der Waals surface area contributed by atoms with Gasteiger partial charge in [0.2, 0.25) is 0 Å². The van der Waals surface area contributed by atoms with E-state index in [-0.39, 0.29) is 11.2 Å². The molecule has 0 fully saturated rings. The maximum atomic E-state index is 11.9. The average Bonchev–Trinajstić information content (AvgIpc) is 2.17. The summed E-state index contributed by atoms with van der Waals surface area (Å²) in [5.74, 6) is 0.966. The van der Waals surface area contributed by atoms with Gasteiger partial charge in [0.25, 0.3) is 0 Å². The molecule has 0 aliphatic carbocycles. The number of Topliss-reactive ketones (excluding diaryl/α,β-unsaturated/α-hetero) is 1. The van der Waals surface area contributed by atoms with E-state index in [1.54, 1.807) is 0 Å². The van der Waals surface area contributed by atoms with E-state index in [0.717, 1.165) is 11.3 Å². The molecule has 0 N–H and O–H groups in total. The summed E-state index contributed by atoms with van der Waals surface area (Å²) in [6, 6.07) is 7.31. The highest BCUT2D eigenvalue weighted by Gasteiger charge is 2.22. The fraction of sp³-hybridized carbons (Fsp3) is 0.462. The van der Waals surface area contributed by atoms with Crippen molar-refractivity contribution in [3.63, 3.8) is 0 Å². The van der Waals surface area contributed by atoms with Gasteiger partial charge in [0.05, 0.1) is 6.61 Å². The number of hydrogen-bond acceptors (Lipinski definition) is 2. The molecule has 1 aromatic carbocycles. The van der Waals surface area contributed by atoms with Crippen molar-refractivity contribution in [2.24, 2.45) is 5.41 Å². The van der Waals surface area contributed by atoms with Crippen molar-refractivity contribution >= 4 is 5.78 Å². The molecule has 0 spiro atoms. The highest BCUT2D eigenvalue weighted by molar-refractivity contribution is 5.99. The number of ketones is 1. The number of carbonyl (C=O) groups excluding carboxylic acids is 1. The lowest BCUT2D eigenvalue weighted by Gasteiger charge is -2.16. The van der Waals surface area contributed by atoms with Crippen molar-refractivity contribution in [3.05, 3.63) is 29.8 Å². The van der Waals surface area contributed by atoms with Crippen molar-refractivity contribution in [3.8, 4) is 5.75 Å². The third kappa shape index (κ3) is 3.08. The van der Waals surface area contributed by atoms with Gasteiger partial charge in [-0.3, -0.25) is 4.79 Å². The summed E-state index contributed by atoms with van der Waals surface area (Å²) in [4.78, 5) is 11.9. The molecule has 0 saturated heterocycles. The van der Waals surface area contributed by atoms with Crippen LogP contribution in [0.5, 0.6) is 5.75 Å². The van der Waals surface area contributed by atoms with Crippen LogP contribution in [0.4, 0.5) is 0 Å². The van der Waals surface area contributed by atoms with Crippen LogP contribution in [-0.4, -0.2) is 12.4 Å². The van der Waals surface area contributed by atoms with Gasteiger partial charge < -0.3 is 4.74 Å². The highest BCUT2D eigenvalue weighted by Crippen LogP contribution is 2.22. The zero-order chi connectivity index (χ0) is 11.5. The van der Waals surface area contributed by atoms with Gasteiger partial charge in [0.15, 0.2) is 5.78 Å². The SMILES string of the molecule is CCOc1ccc(C(=O)C(C)(C)C)cc1. The Morgan fingerprint density at radius 1 is 1.20 bits per heavy atom. The molecule has 0 aliphatic rings. The molecule has 15 heavy (non-hydrogen) atoms. The highest BCUT2D eigenvalue weighted by atomic mass is 16.5. The van der Waals surface area contributed by atoms with Crippen molar-refractivity contribution in [2.75, 3.05) is 6.61 Å². The number of hydrogen-bond donors (Lipinski definition) is 0. The lowest BCUT2D eigenvalue weighted by Crippen LogP contribution is -2.19. The summed E-state index contributed by atoms with van der Waals surface area (Å²) in [5, 5.41) is 0. The lowest BCUT2D eigenvalue weighted by molar-refractivity contribution is 0.0858. The van der Waals surface area contributed by atoms with E-state index in [4.69, 9.17) is 4.74 Å². The molecule has 0 heterocycles. The first-order valence-electron chi connectivity index (χ1n) is 5.23. The Morgan fingerprint density at radius 2 is 1.73 bits per heavy atom. The van der Waals surface area contributed by atoms with E-state index in [1.807, 2.05) is 52.0 Å². The van der Waals surface area contributed by atoms with E-state index in [0.29, 0.717) is 6.61 Å². The monoisotopic (exact) mass is 206 g/mol. The summed E-state index contributed by atoms with van der Waals surface area (Å²) < 4.78 is 5.31. The fourth-order valence-electron chi connectivity index (χ4n) is 1.30. The third-order valence-electron chi connectivity index (χ3n) is 2.11. The Kier molecular flexibility index (Phi) is 3.51. The summed E-state index contributed by atoms with van der Waals surface area (Å²) in [5.41, 5.74) is 0.415. The van der Waals surface area contributed by atoms with Gasteiger partial charge in [0.1, 0.15) is 5.75 Å². The van der Waals surface area contributed by atoms with Gasteiger partial charge in [-0.2, -0.15) is 0 Å². The Balaban J connectivity index is 2.85. The first kappa shape index (κ1) is 11.8. The zero-order valence-electron chi connectivity index (χ0n) is 9.83. The Labute approximate surface area is 91.3 Å². The van der Waals surface area contributed by atoms with E-state index < -0.39 is 0 Å². The topological polar surface area (TPSA) is 26.3 Å². The molecule has 1 aromatic rings. The fourth-order valence-corrected chi connectivity index (χ4v) is 1.30. The first-order chi connectivity index (χ1) is 6.95. The number of rotatable bonds is 3. The van der Waals surface area contributed by atoms with Crippen LogP contribution < -0.4 is 4.74 Å². The molecule has 0 saturated carbocycles. The third-order valence-corrected chi connectivity index (χ3v) is 2.11. The second-order valence-corrected chi connectivity index (χ2v) is 4.54. The van der Waals surface area contributed by atoms with Crippen LogP contribution in [0.1, 0.15) is 38.1 Å². The van der Waals surface area contributed by atoms with E-state index in [2.05, 4.69) is 0 Å². The minimum absolute atomic E-state index is 0.158. The predicted octanol–water partition coefficient (Wildman–Crippen LogP) is 3.31. The van der Waals surface area contributed by atoms with Crippen LogP contribution >= 0.6 is 0 Å². The van der Waals surface area contributed by atoms with Gasteiger partial charge in [0, 0.05) is 11.0 Å². The molecule has 0 amide bonds. The lowest BCUT2D eigenvalue weighted by atomic mass is 9.86. The van der Waals surface area contributed by atoms with Crippen LogP contribution in [0.2, 0.25) is 0 Å². The van der Waals surface area contributed by atoms with Gasteiger partial charge >= 0.3 is 0 Å². The van der Waals surface area contributed by atoms with E-state index in [9.17, 15) is 4.79 Å². The molecule has 0 bridgehead atoms. The molecule has 0 aromatic heterocycles. The van der Waals surface area contributed by atoms with Gasteiger partial charge in [-0.1, -0.05) is 20.8 Å². The zero-order valence-corrected chi connectivity index (χ0v) is 9.83. The molecule has 0 aliphatic heterocycles. The molecule has 82 valence electrons.